The first-order valence-electron chi connectivity index (χ1n) is 9.65. The van der Waals surface area contributed by atoms with Crippen LogP contribution in [0.25, 0.3) is 10.9 Å². The number of amides is 1. The summed E-state index contributed by atoms with van der Waals surface area (Å²) < 4.78 is 11.3. The first kappa shape index (κ1) is 21.4. The highest BCUT2D eigenvalue weighted by Crippen LogP contribution is 2.31. The molecule has 0 unspecified atom stereocenters. The smallest absolute Gasteiger partial charge is 0.410 e. The quantitative estimate of drug-likeness (QED) is 0.579. The van der Waals surface area contributed by atoms with E-state index in [4.69, 9.17) is 32.7 Å². The van der Waals surface area contributed by atoms with Crippen LogP contribution >= 0.6 is 23.2 Å². The number of fused-ring (bicyclic) bond motifs is 1. The van der Waals surface area contributed by atoms with Gasteiger partial charge in [0.25, 0.3) is 0 Å². The van der Waals surface area contributed by atoms with Crippen molar-refractivity contribution in [2.75, 3.05) is 18.4 Å². The SMILES string of the molecule is CC(C)(C)OC(=O)N1CC(Oc2cc3c(Nc4ccc(Cl)cc4Cl)ncnc3cn2)C1. The third-order valence-electron chi connectivity index (χ3n) is 4.47. The predicted octanol–water partition coefficient (Wildman–Crippen LogP) is 5.07. The molecule has 1 fully saturated rings. The molecule has 3 aromatic rings. The van der Waals surface area contributed by atoms with E-state index in [9.17, 15) is 4.79 Å². The van der Waals surface area contributed by atoms with E-state index >= 15 is 0 Å². The number of benzene rings is 1. The van der Waals surface area contributed by atoms with Crippen molar-refractivity contribution in [1.29, 1.82) is 0 Å². The van der Waals surface area contributed by atoms with Gasteiger partial charge in [0.2, 0.25) is 5.88 Å². The highest BCUT2D eigenvalue weighted by Gasteiger charge is 2.35. The maximum absolute atomic E-state index is 12.1. The molecule has 8 nitrogen and oxygen atoms in total. The minimum Gasteiger partial charge on any atom is -0.471 e. The molecule has 1 aliphatic rings. The number of rotatable bonds is 4. The van der Waals surface area contributed by atoms with Crippen LogP contribution in [0.15, 0.2) is 36.8 Å². The molecule has 0 radical (unpaired) electrons. The molecule has 10 heteroatoms. The number of ether oxygens (including phenoxy) is 2. The molecule has 1 N–H and O–H groups in total. The molecule has 0 saturated carbocycles. The number of halogens is 2. The minimum atomic E-state index is -0.528. The van der Waals surface area contributed by atoms with Gasteiger partial charge >= 0.3 is 6.09 Å². The second-order valence-electron chi connectivity index (χ2n) is 8.14. The molecule has 3 heterocycles. The van der Waals surface area contributed by atoms with E-state index in [1.165, 1.54) is 6.33 Å². The number of hydrogen-bond donors (Lipinski definition) is 1. The number of nitrogens with zero attached hydrogens (tertiary/aromatic N) is 4. The molecule has 31 heavy (non-hydrogen) atoms. The topological polar surface area (TPSA) is 89.5 Å². The molecule has 0 spiro atoms. The molecule has 0 aliphatic carbocycles. The summed E-state index contributed by atoms with van der Waals surface area (Å²) in [5, 5.41) is 4.94. The number of hydrogen-bond acceptors (Lipinski definition) is 7. The summed E-state index contributed by atoms with van der Waals surface area (Å²) in [6.07, 6.45) is 2.55. The van der Waals surface area contributed by atoms with Gasteiger partial charge in [0.05, 0.1) is 35.5 Å². The number of anilines is 2. The van der Waals surface area contributed by atoms with Gasteiger partial charge in [-0.25, -0.2) is 19.7 Å². The van der Waals surface area contributed by atoms with Crippen LogP contribution in [0.3, 0.4) is 0 Å². The highest BCUT2D eigenvalue weighted by molar-refractivity contribution is 6.36. The molecule has 2 aromatic heterocycles. The Morgan fingerprint density at radius 2 is 1.94 bits per heavy atom. The van der Waals surface area contributed by atoms with Gasteiger partial charge in [0.15, 0.2) is 0 Å². The van der Waals surface area contributed by atoms with Crippen LogP contribution in [0.2, 0.25) is 10.0 Å². The molecule has 4 rings (SSSR count). The molecular weight excluding hydrogens is 441 g/mol. The number of pyridine rings is 1. The van der Waals surface area contributed by atoms with Gasteiger partial charge in [0.1, 0.15) is 23.9 Å². The first-order valence-corrected chi connectivity index (χ1v) is 10.4. The largest absolute Gasteiger partial charge is 0.471 e. The van der Waals surface area contributed by atoms with E-state index < -0.39 is 5.60 Å². The number of carbonyl (C=O) groups excluding carboxylic acids is 1. The van der Waals surface area contributed by atoms with E-state index in [1.807, 2.05) is 20.8 Å². The van der Waals surface area contributed by atoms with Crippen molar-refractivity contribution in [3.05, 3.63) is 46.8 Å². The Labute approximate surface area is 189 Å². The van der Waals surface area contributed by atoms with Gasteiger partial charge in [-0.1, -0.05) is 23.2 Å². The van der Waals surface area contributed by atoms with Gasteiger partial charge in [-0.2, -0.15) is 0 Å². The van der Waals surface area contributed by atoms with E-state index in [-0.39, 0.29) is 12.2 Å². The fraction of sp³-hybridized carbons (Fsp3) is 0.333. The maximum atomic E-state index is 12.1. The molecule has 1 amide bonds. The van der Waals surface area contributed by atoms with Gasteiger partial charge in [-0.15, -0.1) is 0 Å². The summed E-state index contributed by atoms with van der Waals surface area (Å²) in [6, 6.07) is 6.93. The van der Waals surface area contributed by atoms with Crippen molar-refractivity contribution in [3.8, 4) is 5.88 Å². The van der Waals surface area contributed by atoms with Crippen molar-refractivity contribution in [1.82, 2.24) is 19.9 Å². The summed E-state index contributed by atoms with van der Waals surface area (Å²) in [5.41, 5.74) is 0.788. The van der Waals surface area contributed by atoms with Gasteiger partial charge in [-0.3, -0.25) is 0 Å². The van der Waals surface area contributed by atoms with Crippen LogP contribution in [-0.4, -0.2) is 50.7 Å². The van der Waals surface area contributed by atoms with Gasteiger partial charge in [0, 0.05) is 16.5 Å². The van der Waals surface area contributed by atoms with Crippen molar-refractivity contribution in [2.45, 2.75) is 32.5 Å². The fourth-order valence-electron chi connectivity index (χ4n) is 2.98. The average Bonchev–Trinajstić information content (AvgIpc) is 2.65. The van der Waals surface area contributed by atoms with Crippen molar-refractivity contribution in [2.24, 2.45) is 0 Å². The van der Waals surface area contributed by atoms with Crippen LogP contribution in [-0.2, 0) is 4.74 Å². The van der Waals surface area contributed by atoms with E-state index in [0.29, 0.717) is 46.0 Å². The van der Waals surface area contributed by atoms with E-state index in [0.717, 1.165) is 5.39 Å². The Hall–Kier alpha value is -2.84. The zero-order chi connectivity index (χ0) is 22.2. The number of likely N-dealkylation sites (tertiary alicyclic amines) is 1. The monoisotopic (exact) mass is 461 g/mol. The molecule has 1 saturated heterocycles. The molecular formula is C21H21Cl2N5O3. The van der Waals surface area contributed by atoms with Crippen molar-refractivity contribution >= 4 is 51.7 Å². The molecule has 1 aliphatic heterocycles. The Morgan fingerprint density at radius 1 is 1.16 bits per heavy atom. The standard InChI is InChI=1S/C21H21Cl2N5O3/c1-21(2,3)31-20(29)28-9-13(10-28)30-18-7-14-17(8-24-18)25-11-26-19(14)27-16-5-4-12(22)6-15(16)23/h4-8,11,13H,9-10H2,1-3H3,(H,25,26,27). The van der Waals surface area contributed by atoms with Crippen LogP contribution < -0.4 is 10.1 Å². The van der Waals surface area contributed by atoms with Crippen molar-refractivity contribution in [3.63, 3.8) is 0 Å². The average molecular weight is 462 g/mol. The second kappa shape index (κ2) is 8.36. The Bertz CT molecular complexity index is 1130. The summed E-state index contributed by atoms with van der Waals surface area (Å²) >= 11 is 12.2. The Balaban J connectivity index is 1.47. The molecule has 1 aromatic carbocycles. The zero-order valence-electron chi connectivity index (χ0n) is 17.2. The number of aromatic nitrogens is 3. The van der Waals surface area contributed by atoms with Gasteiger partial charge in [-0.05, 0) is 39.0 Å². The van der Waals surface area contributed by atoms with Crippen LogP contribution in [0.4, 0.5) is 16.3 Å². The van der Waals surface area contributed by atoms with E-state index in [2.05, 4.69) is 20.3 Å². The van der Waals surface area contributed by atoms with Gasteiger partial charge < -0.3 is 19.7 Å². The van der Waals surface area contributed by atoms with Crippen LogP contribution in [0.5, 0.6) is 5.88 Å². The lowest BCUT2D eigenvalue weighted by Crippen LogP contribution is -2.57. The lowest BCUT2D eigenvalue weighted by Gasteiger charge is -2.39. The predicted molar refractivity (Wildman–Crippen MR) is 119 cm³/mol. The Morgan fingerprint density at radius 3 is 2.65 bits per heavy atom. The molecule has 0 bridgehead atoms. The maximum Gasteiger partial charge on any atom is 0.410 e. The highest BCUT2D eigenvalue weighted by atomic mass is 35.5. The third kappa shape index (κ3) is 5.08. The van der Waals surface area contributed by atoms with Crippen molar-refractivity contribution < 1.29 is 14.3 Å². The van der Waals surface area contributed by atoms with Crippen LogP contribution in [0.1, 0.15) is 20.8 Å². The summed E-state index contributed by atoms with van der Waals surface area (Å²) in [7, 11) is 0. The molecule has 162 valence electrons. The lowest BCUT2D eigenvalue weighted by molar-refractivity contribution is -0.0231. The van der Waals surface area contributed by atoms with Crippen LogP contribution in [0, 0.1) is 0 Å². The minimum absolute atomic E-state index is 0.163. The summed E-state index contributed by atoms with van der Waals surface area (Å²) in [4.78, 5) is 26.6. The van der Waals surface area contributed by atoms with E-state index in [1.54, 1.807) is 35.4 Å². The first-order chi connectivity index (χ1) is 14.7. The third-order valence-corrected chi connectivity index (χ3v) is 5.02. The number of nitrogens with one attached hydrogen (secondary N) is 1. The normalized spacial score (nSPS) is 14.3. The fourth-order valence-corrected chi connectivity index (χ4v) is 3.44. The lowest BCUT2D eigenvalue weighted by atomic mass is 10.1. The Kier molecular flexibility index (Phi) is 5.77. The summed E-state index contributed by atoms with van der Waals surface area (Å²) in [5.74, 6) is 0.979. The second-order valence-corrected chi connectivity index (χ2v) is 8.98. The summed E-state index contributed by atoms with van der Waals surface area (Å²) in [6.45, 7) is 6.38. The zero-order valence-corrected chi connectivity index (χ0v) is 18.7. The number of carbonyl (C=O) groups is 1. The molecule has 0 atom stereocenters.